The molecule has 2 rings (SSSR count). The van der Waals surface area contributed by atoms with Crippen molar-refractivity contribution in [1.29, 1.82) is 0 Å². The van der Waals surface area contributed by atoms with Gasteiger partial charge in [0.05, 0.1) is 5.75 Å². The van der Waals surface area contributed by atoms with Crippen LogP contribution < -0.4 is 0 Å². The average molecular weight is 261 g/mol. The van der Waals surface area contributed by atoms with Crippen molar-refractivity contribution in [3.63, 3.8) is 0 Å². The number of β-lactam (4-membered cyclic amide) rings is 1. The highest BCUT2D eigenvalue weighted by Crippen LogP contribution is 2.37. The van der Waals surface area contributed by atoms with Gasteiger partial charge in [0.25, 0.3) is 5.91 Å². The van der Waals surface area contributed by atoms with Gasteiger partial charge >= 0.3 is 5.97 Å². The summed E-state index contributed by atoms with van der Waals surface area (Å²) in [4.78, 5) is 23.4. The van der Waals surface area contributed by atoms with E-state index in [4.69, 9.17) is 9.84 Å². The molecule has 7 nitrogen and oxygen atoms in total. The number of rotatable bonds is 2. The van der Waals surface area contributed by atoms with E-state index < -0.39 is 33.2 Å². The van der Waals surface area contributed by atoms with Crippen molar-refractivity contribution in [2.24, 2.45) is 0 Å². The van der Waals surface area contributed by atoms with Crippen molar-refractivity contribution in [2.45, 2.75) is 18.4 Å². The lowest BCUT2D eigenvalue weighted by Crippen LogP contribution is -2.70. The molecule has 0 aliphatic carbocycles. The number of hydrogen-bond acceptors (Lipinski definition) is 5. The van der Waals surface area contributed by atoms with Crippen LogP contribution in [0.2, 0.25) is 0 Å². The Bertz CT molecular complexity index is 534. The Kier molecular flexibility index (Phi) is 2.51. The van der Waals surface area contributed by atoms with Crippen molar-refractivity contribution in [3.8, 4) is 0 Å². The second kappa shape index (κ2) is 3.54. The largest absolute Gasteiger partial charge is 0.477 e. The van der Waals surface area contributed by atoms with Crippen LogP contribution in [0, 0.1) is 0 Å². The Labute approximate surface area is 97.6 Å². The molecule has 2 atom stereocenters. The fourth-order valence-corrected chi connectivity index (χ4v) is 4.23. The normalized spacial score (nSPS) is 30.9. The fourth-order valence-electron chi connectivity index (χ4n) is 2.19. The van der Waals surface area contributed by atoms with Gasteiger partial charge in [-0.3, -0.25) is 9.69 Å². The summed E-state index contributed by atoms with van der Waals surface area (Å²) in [6.07, 6.45) is -1.09. The van der Waals surface area contributed by atoms with E-state index >= 15 is 0 Å². The number of carbonyl (C=O) groups is 2. The van der Waals surface area contributed by atoms with E-state index in [1.165, 1.54) is 14.0 Å². The highest BCUT2D eigenvalue weighted by atomic mass is 32.2. The van der Waals surface area contributed by atoms with Crippen molar-refractivity contribution in [1.82, 2.24) is 4.90 Å². The van der Waals surface area contributed by atoms with Crippen LogP contribution in [0.5, 0.6) is 0 Å². The molecule has 1 saturated heterocycles. The third-order valence-electron chi connectivity index (χ3n) is 2.88. The molecule has 0 aromatic rings. The van der Waals surface area contributed by atoms with Crippen LogP contribution in [-0.2, 0) is 24.2 Å². The van der Waals surface area contributed by atoms with Crippen LogP contribution >= 0.6 is 0 Å². The molecule has 1 N–H and O–H groups in total. The first-order chi connectivity index (χ1) is 7.81. The van der Waals surface area contributed by atoms with Gasteiger partial charge in [-0.1, -0.05) is 0 Å². The maximum atomic E-state index is 11.8. The third kappa shape index (κ3) is 1.48. The summed E-state index contributed by atoms with van der Waals surface area (Å²) in [5.74, 6) is -2.29. The van der Waals surface area contributed by atoms with Gasteiger partial charge in [-0.15, -0.1) is 0 Å². The number of aliphatic carboxylic acids is 1. The maximum Gasteiger partial charge on any atom is 0.352 e. The van der Waals surface area contributed by atoms with Crippen LogP contribution in [0.15, 0.2) is 11.3 Å². The van der Waals surface area contributed by atoms with E-state index in [1.54, 1.807) is 0 Å². The van der Waals surface area contributed by atoms with Gasteiger partial charge in [0, 0.05) is 7.11 Å². The van der Waals surface area contributed by atoms with Gasteiger partial charge in [0.2, 0.25) is 0 Å². The highest BCUT2D eigenvalue weighted by Gasteiger charge is 2.59. The smallest absolute Gasteiger partial charge is 0.352 e. The molecule has 2 unspecified atom stereocenters. The zero-order valence-electron chi connectivity index (χ0n) is 9.21. The maximum absolute atomic E-state index is 11.8. The highest BCUT2D eigenvalue weighted by molar-refractivity contribution is 7.92. The van der Waals surface area contributed by atoms with Crippen molar-refractivity contribution >= 4 is 21.7 Å². The van der Waals surface area contributed by atoms with Gasteiger partial charge in [0.1, 0.15) is 5.70 Å². The van der Waals surface area contributed by atoms with Gasteiger partial charge in [-0.25, -0.2) is 13.2 Å². The standard InChI is InChI=1S/C9H11NO6S/c1-4-3-17(14,15)8-6(16-2)7(11)10(8)5(4)9(12)13/h6,8H,3H2,1-2H3,(H,12,13). The number of methoxy groups -OCH3 is 1. The molecule has 0 aromatic heterocycles. The van der Waals surface area contributed by atoms with E-state index in [0.29, 0.717) is 0 Å². The predicted molar refractivity (Wildman–Crippen MR) is 55.6 cm³/mol. The SMILES string of the molecule is COC1C(=O)N2C(C(=O)O)=C(C)CS(=O)(=O)C12. The van der Waals surface area contributed by atoms with E-state index in [-0.39, 0.29) is 17.0 Å². The quantitative estimate of drug-likeness (QED) is 0.637. The number of ether oxygens (including phenoxy) is 1. The summed E-state index contributed by atoms with van der Waals surface area (Å²) < 4.78 is 28.5. The number of carboxylic acids is 1. The molecule has 0 spiro atoms. The lowest BCUT2D eigenvalue weighted by Gasteiger charge is -2.47. The van der Waals surface area contributed by atoms with Crippen molar-refractivity contribution < 1.29 is 27.9 Å². The fraction of sp³-hybridized carbons (Fsp3) is 0.556. The molecule has 0 radical (unpaired) electrons. The van der Waals surface area contributed by atoms with Gasteiger partial charge < -0.3 is 9.84 Å². The lowest BCUT2D eigenvalue weighted by atomic mass is 10.1. The number of nitrogens with zero attached hydrogens (tertiary/aromatic N) is 1. The summed E-state index contributed by atoms with van der Waals surface area (Å²) in [7, 11) is -2.35. The van der Waals surface area contributed by atoms with Crippen molar-refractivity contribution in [3.05, 3.63) is 11.3 Å². The van der Waals surface area contributed by atoms with Gasteiger partial charge in [0.15, 0.2) is 21.3 Å². The van der Waals surface area contributed by atoms with E-state index in [1.807, 2.05) is 0 Å². The number of hydrogen-bond donors (Lipinski definition) is 1. The molecule has 1 amide bonds. The minimum atomic E-state index is -3.57. The third-order valence-corrected chi connectivity index (χ3v) is 4.91. The number of carboxylic acid groups (broad SMARTS) is 1. The molecule has 17 heavy (non-hydrogen) atoms. The van der Waals surface area contributed by atoms with Crippen LogP contribution in [0.25, 0.3) is 0 Å². The topological polar surface area (TPSA) is 101 Å². The summed E-state index contributed by atoms with van der Waals surface area (Å²) in [6, 6.07) is 0. The Hall–Kier alpha value is -1.41. The van der Waals surface area contributed by atoms with Gasteiger partial charge in [-0.05, 0) is 12.5 Å². The number of fused-ring (bicyclic) bond motifs is 1. The molecule has 2 aliphatic heterocycles. The second-order valence-electron chi connectivity index (χ2n) is 4.00. The minimum absolute atomic E-state index is 0.164. The molecule has 0 aromatic carbocycles. The molecular weight excluding hydrogens is 250 g/mol. The summed E-state index contributed by atoms with van der Waals surface area (Å²) in [5.41, 5.74) is -0.0835. The second-order valence-corrected chi connectivity index (χ2v) is 6.09. The zero-order valence-corrected chi connectivity index (χ0v) is 10.0. The molecule has 1 fully saturated rings. The van der Waals surface area contributed by atoms with E-state index in [0.717, 1.165) is 4.90 Å². The van der Waals surface area contributed by atoms with Crippen LogP contribution in [-0.4, -0.2) is 54.6 Å². The first kappa shape index (κ1) is 12.1. The molecule has 2 aliphatic rings. The first-order valence-electron chi connectivity index (χ1n) is 4.81. The molecule has 0 saturated carbocycles. The minimum Gasteiger partial charge on any atom is -0.477 e. The van der Waals surface area contributed by atoms with Crippen LogP contribution in [0.1, 0.15) is 6.92 Å². The predicted octanol–water partition coefficient (Wildman–Crippen LogP) is -1.04. The van der Waals surface area contributed by atoms with Crippen LogP contribution in [0.3, 0.4) is 0 Å². The molecule has 2 heterocycles. The lowest BCUT2D eigenvalue weighted by molar-refractivity contribution is -0.162. The van der Waals surface area contributed by atoms with Gasteiger partial charge in [-0.2, -0.15) is 0 Å². The van der Waals surface area contributed by atoms with Crippen molar-refractivity contribution in [2.75, 3.05) is 12.9 Å². The van der Waals surface area contributed by atoms with E-state index in [2.05, 4.69) is 0 Å². The number of amides is 1. The number of sulfone groups is 1. The summed E-state index contributed by atoms with van der Waals surface area (Å²) >= 11 is 0. The summed E-state index contributed by atoms with van der Waals surface area (Å²) in [6.45, 7) is 1.39. The number of carbonyl (C=O) groups excluding carboxylic acids is 1. The molecule has 8 heteroatoms. The Balaban J connectivity index is 2.54. The Morgan fingerprint density at radius 1 is 1.53 bits per heavy atom. The molecule has 94 valence electrons. The molecule has 0 bridgehead atoms. The zero-order chi connectivity index (χ0) is 13.0. The Morgan fingerprint density at radius 3 is 2.59 bits per heavy atom. The first-order valence-corrected chi connectivity index (χ1v) is 6.53. The Morgan fingerprint density at radius 2 is 2.12 bits per heavy atom. The molecular formula is C9H11NO6S. The summed E-state index contributed by atoms with van der Waals surface area (Å²) in [5, 5.41) is 7.79. The van der Waals surface area contributed by atoms with E-state index in [9.17, 15) is 18.0 Å². The monoisotopic (exact) mass is 261 g/mol. The van der Waals surface area contributed by atoms with Crippen LogP contribution in [0.4, 0.5) is 0 Å². The average Bonchev–Trinajstić information content (AvgIpc) is 2.18.